The van der Waals surface area contributed by atoms with Crippen LogP contribution in [-0.2, 0) is 4.79 Å². The molecule has 134 valence electrons. The van der Waals surface area contributed by atoms with Crippen molar-refractivity contribution < 1.29 is 9.59 Å². The fourth-order valence-corrected chi connectivity index (χ4v) is 2.66. The van der Waals surface area contributed by atoms with E-state index in [4.69, 9.17) is 11.6 Å². The summed E-state index contributed by atoms with van der Waals surface area (Å²) in [7, 11) is 0. The highest BCUT2D eigenvalue weighted by atomic mass is 35.5. The van der Waals surface area contributed by atoms with Crippen molar-refractivity contribution in [2.45, 2.75) is 0 Å². The minimum absolute atomic E-state index is 0.299. The van der Waals surface area contributed by atoms with Crippen molar-refractivity contribution in [3.8, 4) is 0 Å². The molecule has 2 N–H and O–H groups in total. The molecule has 0 aliphatic rings. The predicted octanol–water partition coefficient (Wildman–Crippen LogP) is 5.24. The SMILES string of the molecule is O=C(C=Cc1ccccc1Cl)Nc1ccccc1C(=O)Nc1ccccc1. The van der Waals surface area contributed by atoms with Crippen LogP contribution in [0.1, 0.15) is 15.9 Å². The quantitative estimate of drug-likeness (QED) is 0.598. The maximum Gasteiger partial charge on any atom is 0.257 e. The molecule has 0 saturated heterocycles. The van der Waals surface area contributed by atoms with Crippen molar-refractivity contribution >= 4 is 40.9 Å². The molecule has 0 aliphatic carbocycles. The van der Waals surface area contributed by atoms with Gasteiger partial charge in [0.05, 0.1) is 11.3 Å². The van der Waals surface area contributed by atoms with E-state index in [-0.39, 0.29) is 11.8 Å². The predicted molar refractivity (Wildman–Crippen MR) is 110 cm³/mol. The van der Waals surface area contributed by atoms with Crippen molar-refractivity contribution in [2.75, 3.05) is 10.6 Å². The monoisotopic (exact) mass is 376 g/mol. The van der Waals surface area contributed by atoms with Crippen LogP contribution >= 0.6 is 11.6 Å². The average molecular weight is 377 g/mol. The van der Waals surface area contributed by atoms with Crippen LogP contribution in [0.2, 0.25) is 5.02 Å². The van der Waals surface area contributed by atoms with Gasteiger partial charge in [0.15, 0.2) is 0 Å². The number of benzene rings is 3. The summed E-state index contributed by atoms with van der Waals surface area (Å²) >= 11 is 6.08. The van der Waals surface area contributed by atoms with E-state index < -0.39 is 0 Å². The van der Waals surface area contributed by atoms with Gasteiger partial charge in [0.25, 0.3) is 5.91 Å². The van der Waals surface area contributed by atoms with Crippen LogP contribution in [0, 0.1) is 0 Å². The van der Waals surface area contributed by atoms with E-state index in [1.165, 1.54) is 6.08 Å². The van der Waals surface area contributed by atoms with Gasteiger partial charge in [-0.25, -0.2) is 0 Å². The standard InChI is InChI=1S/C22H17ClN2O2/c23-19-12-6-4-8-16(19)14-15-21(26)25-20-13-7-5-11-18(20)22(27)24-17-9-2-1-3-10-17/h1-15H,(H,24,27)(H,25,26). The van der Waals surface area contributed by atoms with E-state index in [1.54, 1.807) is 48.5 Å². The van der Waals surface area contributed by atoms with Crippen molar-refractivity contribution in [1.29, 1.82) is 0 Å². The summed E-state index contributed by atoms with van der Waals surface area (Å²) in [6, 6.07) is 23.2. The Balaban J connectivity index is 1.73. The molecule has 0 aromatic heterocycles. The van der Waals surface area contributed by atoms with Crippen LogP contribution in [-0.4, -0.2) is 11.8 Å². The maximum atomic E-state index is 12.5. The lowest BCUT2D eigenvalue weighted by Crippen LogP contribution is -2.16. The van der Waals surface area contributed by atoms with E-state index in [0.717, 1.165) is 5.56 Å². The number of carbonyl (C=O) groups is 2. The Morgan fingerprint density at radius 3 is 2.22 bits per heavy atom. The highest BCUT2D eigenvalue weighted by Gasteiger charge is 2.12. The molecule has 0 radical (unpaired) electrons. The van der Waals surface area contributed by atoms with Gasteiger partial charge < -0.3 is 10.6 Å². The zero-order valence-corrected chi connectivity index (χ0v) is 15.1. The molecule has 27 heavy (non-hydrogen) atoms. The first kappa shape index (κ1) is 18.4. The molecule has 0 fully saturated rings. The largest absolute Gasteiger partial charge is 0.322 e. The third kappa shape index (κ3) is 5.06. The summed E-state index contributed by atoms with van der Waals surface area (Å²) in [5.74, 6) is -0.651. The fourth-order valence-electron chi connectivity index (χ4n) is 2.46. The van der Waals surface area contributed by atoms with Crippen LogP contribution in [0.4, 0.5) is 11.4 Å². The van der Waals surface area contributed by atoms with E-state index in [2.05, 4.69) is 10.6 Å². The summed E-state index contributed by atoms with van der Waals surface area (Å²) in [6.07, 6.45) is 3.01. The lowest BCUT2D eigenvalue weighted by Gasteiger charge is -2.10. The smallest absolute Gasteiger partial charge is 0.257 e. The van der Waals surface area contributed by atoms with Gasteiger partial charge in [-0.2, -0.15) is 0 Å². The highest BCUT2D eigenvalue weighted by molar-refractivity contribution is 6.32. The van der Waals surface area contributed by atoms with Crippen molar-refractivity contribution in [3.05, 3.63) is 101 Å². The number of hydrogen-bond donors (Lipinski definition) is 2. The Kier molecular flexibility index (Phi) is 6.02. The lowest BCUT2D eigenvalue weighted by molar-refractivity contribution is -0.111. The van der Waals surface area contributed by atoms with Crippen molar-refractivity contribution in [1.82, 2.24) is 0 Å². The van der Waals surface area contributed by atoms with Crippen LogP contribution in [0.25, 0.3) is 6.08 Å². The Morgan fingerprint density at radius 2 is 1.44 bits per heavy atom. The van der Waals surface area contributed by atoms with Gasteiger partial charge in [-0.3, -0.25) is 9.59 Å². The van der Waals surface area contributed by atoms with Gasteiger partial charge in [-0.15, -0.1) is 0 Å². The third-order valence-electron chi connectivity index (χ3n) is 3.78. The normalized spacial score (nSPS) is 10.6. The summed E-state index contributed by atoms with van der Waals surface area (Å²) < 4.78 is 0. The van der Waals surface area contributed by atoms with Crippen LogP contribution in [0.3, 0.4) is 0 Å². The van der Waals surface area contributed by atoms with Crippen LogP contribution in [0.15, 0.2) is 84.9 Å². The molecule has 0 aliphatic heterocycles. The van der Waals surface area contributed by atoms with E-state index in [0.29, 0.717) is 22.0 Å². The summed E-state index contributed by atoms with van der Waals surface area (Å²) in [6.45, 7) is 0. The number of rotatable bonds is 5. The Labute approximate surface area is 162 Å². The molecule has 3 aromatic rings. The zero-order chi connectivity index (χ0) is 19.1. The van der Waals surface area contributed by atoms with Crippen LogP contribution in [0.5, 0.6) is 0 Å². The molecular formula is C22H17ClN2O2. The lowest BCUT2D eigenvalue weighted by atomic mass is 10.1. The minimum atomic E-state index is -0.352. The van der Waals surface area contributed by atoms with Crippen molar-refractivity contribution in [3.63, 3.8) is 0 Å². The third-order valence-corrected chi connectivity index (χ3v) is 4.12. The fraction of sp³-hybridized carbons (Fsp3) is 0. The van der Waals surface area contributed by atoms with Gasteiger partial charge in [0.2, 0.25) is 5.91 Å². The van der Waals surface area contributed by atoms with Gasteiger partial charge >= 0.3 is 0 Å². The molecule has 0 unspecified atom stereocenters. The molecular weight excluding hydrogens is 360 g/mol. The number of nitrogens with one attached hydrogen (secondary N) is 2. The molecule has 5 heteroatoms. The first-order chi connectivity index (χ1) is 13.1. The van der Waals surface area contributed by atoms with Crippen LogP contribution < -0.4 is 10.6 Å². The van der Waals surface area contributed by atoms with Gasteiger partial charge in [-0.1, -0.05) is 60.1 Å². The Morgan fingerprint density at radius 1 is 0.778 bits per heavy atom. The number of carbonyl (C=O) groups excluding carboxylic acids is 2. The van der Waals surface area contributed by atoms with E-state index in [9.17, 15) is 9.59 Å². The molecule has 4 nitrogen and oxygen atoms in total. The number of hydrogen-bond acceptors (Lipinski definition) is 2. The van der Waals surface area contributed by atoms with Gasteiger partial charge in [0, 0.05) is 16.8 Å². The maximum absolute atomic E-state index is 12.5. The second-order valence-electron chi connectivity index (χ2n) is 5.71. The first-order valence-corrected chi connectivity index (χ1v) is 8.70. The summed E-state index contributed by atoms with van der Waals surface area (Å²) in [5, 5.41) is 6.11. The second-order valence-corrected chi connectivity index (χ2v) is 6.12. The summed E-state index contributed by atoms with van der Waals surface area (Å²) in [4.78, 5) is 24.8. The second kappa shape index (κ2) is 8.83. The van der Waals surface area contributed by atoms with Crippen molar-refractivity contribution in [2.24, 2.45) is 0 Å². The molecule has 0 spiro atoms. The molecule has 3 rings (SSSR count). The minimum Gasteiger partial charge on any atom is -0.322 e. The Bertz CT molecular complexity index is 984. The molecule has 2 amide bonds. The topological polar surface area (TPSA) is 58.2 Å². The van der Waals surface area contributed by atoms with Gasteiger partial charge in [-0.05, 0) is 42.0 Å². The first-order valence-electron chi connectivity index (χ1n) is 8.32. The number of halogens is 1. The molecule has 0 saturated carbocycles. The Hall–Kier alpha value is -3.37. The summed E-state index contributed by atoms with van der Waals surface area (Å²) in [5.41, 5.74) is 2.23. The molecule has 0 heterocycles. The van der Waals surface area contributed by atoms with E-state index in [1.807, 2.05) is 36.4 Å². The highest BCUT2D eigenvalue weighted by Crippen LogP contribution is 2.19. The molecule has 0 bridgehead atoms. The average Bonchev–Trinajstić information content (AvgIpc) is 2.68. The molecule has 3 aromatic carbocycles. The van der Waals surface area contributed by atoms with Gasteiger partial charge in [0.1, 0.15) is 0 Å². The zero-order valence-electron chi connectivity index (χ0n) is 14.4. The number of amides is 2. The number of para-hydroxylation sites is 2. The molecule has 0 atom stereocenters. The van der Waals surface area contributed by atoms with E-state index >= 15 is 0 Å². The number of anilines is 2.